The molecule has 1 unspecified atom stereocenters. The van der Waals surface area contributed by atoms with E-state index in [1.54, 1.807) is 24.3 Å². The van der Waals surface area contributed by atoms with Gasteiger partial charge in [-0.15, -0.1) is 0 Å². The number of aromatic nitrogens is 1. The maximum absolute atomic E-state index is 15.7. The van der Waals surface area contributed by atoms with E-state index in [-0.39, 0.29) is 25.4 Å². The summed E-state index contributed by atoms with van der Waals surface area (Å²) in [6, 6.07) is 15.8. The average Bonchev–Trinajstić information content (AvgIpc) is 3.39. The number of nitrogens with zero attached hydrogens (tertiary/aromatic N) is 2. The quantitative estimate of drug-likeness (QED) is 0.358. The number of morpholine rings is 1. The minimum atomic E-state index is -2.02. The number of halogens is 1. The van der Waals surface area contributed by atoms with Crippen LogP contribution in [0.1, 0.15) is 48.9 Å². The van der Waals surface area contributed by atoms with Gasteiger partial charge in [0.15, 0.2) is 11.8 Å². The molecule has 1 N–H and O–H groups in total. The van der Waals surface area contributed by atoms with E-state index in [9.17, 15) is 14.4 Å². The van der Waals surface area contributed by atoms with Gasteiger partial charge in [-0.3, -0.25) is 14.4 Å². The standard InChI is InChI=1S/C29H34FN3O5/c1-2-9-23(26(34)28-32-22-14-6-7-15-24(22)38-28)31-27(35)21(13-8-12-20-10-4-3-5-11-20)25(30)29(36)33-16-18-37-19-17-33/h3-7,10-11,14-15,21,23,25H,2,8-9,12-13,16-19H2,1H3,(H,31,35)/t21?,23-,25+/m0/s1. The van der Waals surface area contributed by atoms with Crippen LogP contribution in [0.15, 0.2) is 59.0 Å². The van der Waals surface area contributed by atoms with Crippen LogP contribution in [0.4, 0.5) is 4.39 Å². The highest BCUT2D eigenvalue weighted by atomic mass is 19.1. The first-order valence-electron chi connectivity index (χ1n) is 13.2. The number of benzene rings is 2. The van der Waals surface area contributed by atoms with Gasteiger partial charge in [0.05, 0.1) is 25.2 Å². The molecule has 2 amide bonds. The number of alkyl halides is 1. The summed E-state index contributed by atoms with van der Waals surface area (Å²) in [5.41, 5.74) is 2.07. The monoisotopic (exact) mass is 523 g/mol. The zero-order chi connectivity index (χ0) is 26.9. The predicted molar refractivity (Wildman–Crippen MR) is 140 cm³/mol. The first-order valence-corrected chi connectivity index (χ1v) is 13.2. The summed E-state index contributed by atoms with van der Waals surface area (Å²) < 4.78 is 26.6. The molecule has 4 rings (SSSR count). The summed E-state index contributed by atoms with van der Waals surface area (Å²) in [5, 5.41) is 2.72. The van der Waals surface area contributed by atoms with Gasteiger partial charge < -0.3 is 19.4 Å². The van der Waals surface area contributed by atoms with Crippen LogP contribution in [0.25, 0.3) is 11.1 Å². The van der Waals surface area contributed by atoms with Gasteiger partial charge in [0, 0.05) is 13.1 Å². The van der Waals surface area contributed by atoms with E-state index in [2.05, 4.69) is 10.3 Å². The van der Waals surface area contributed by atoms with E-state index in [1.165, 1.54) is 4.90 Å². The van der Waals surface area contributed by atoms with Crippen LogP contribution in [0.3, 0.4) is 0 Å². The number of carbonyl (C=O) groups excluding carboxylic acids is 3. The molecule has 1 fully saturated rings. The van der Waals surface area contributed by atoms with Gasteiger partial charge in [-0.1, -0.05) is 55.8 Å². The number of hydrogen-bond donors (Lipinski definition) is 1. The number of aryl methyl sites for hydroxylation is 1. The van der Waals surface area contributed by atoms with Crippen LogP contribution in [0.2, 0.25) is 0 Å². The number of rotatable bonds is 12. The smallest absolute Gasteiger partial charge is 0.266 e. The summed E-state index contributed by atoms with van der Waals surface area (Å²) in [6.07, 6.45) is 0.217. The molecule has 202 valence electrons. The molecule has 3 atom stereocenters. The van der Waals surface area contributed by atoms with Crippen molar-refractivity contribution < 1.29 is 27.9 Å². The van der Waals surface area contributed by atoms with Gasteiger partial charge in [-0.05, 0) is 43.4 Å². The van der Waals surface area contributed by atoms with Gasteiger partial charge in [-0.25, -0.2) is 9.37 Å². The zero-order valence-corrected chi connectivity index (χ0v) is 21.6. The third-order valence-corrected chi connectivity index (χ3v) is 6.79. The first kappa shape index (κ1) is 27.4. The predicted octanol–water partition coefficient (Wildman–Crippen LogP) is 4.13. The number of hydrogen-bond acceptors (Lipinski definition) is 6. The second-order valence-corrected chi connectivity index (χ2v) is 9.52. The Hall–Kier alpha value is -3.59. The normalized spacial score (nSPS) is 16.1. The fraction of sp³-hybridized carbons (Fsp3) is 0.448. The third kappa shape index (κ3) is 6.83. The van der Waals surface area contributed by atoms with Crippen molar-refractivity contribution >= 4 is 28.7 Å². The van der Waals surface area contributed by atoms with Crippen LogP contribution in [0, 0.1) is 5.92 Å². The molecule has 0 bridgehead atoms. The molecule has 0 saturated carbocycles. The van der Waals surface area contributed by atoms with Crippen LogP contribution in [-0.4, -0.2) is 66.0 Å². The van der Waals surface area contributed by atoms with E-state index < -0.39 is 35.7 Å². The molecule has 1 saturated heterocycles. The molecule has 2 aromatic carbocycles. The summed E-state index contributed by atoms with van der Waals surface area (Å²) >= 11 is 0. The molecule has 9 heteroatoms. The molecule has 1 aromatic heterocycles. The Bertz CT molecular complexity index is 1190. The highest BCUT2D eigenvalue weighted by Gasteiger charge is 2.38. The lowest BCUT2D eigenvalue weighted by atomic mass is 9.92. The number of ether oxygens (including phenoxy) is 1. The highest BCUT2D eigenvalue weighted by Crippen LogP contribution is 2.22. The molecule has 38 heavy (non-hydrogen) atoms. The minimum Gasteiger partial charge on any atom is -0.434 e. The minimum absolute atomic E-state index is 0.105. The number of Topliss-reactive ketones (excluding diaryl/α,β-unsaturated/α-hetero) is 1. The summed E-state index contributed by atoms with van der Waals surface area (Å²) in [6.45, 7) is 3.12. The van der Waals surface area contributed by atoms with Crippen molar-refractivity contribution in [1.82, 2.24) is 15.2 Å². The molecule has 0 spiro atoms. The van der Waals surface area contributed by atoms with Crippen molar-refractivity contribution in [3.8, 4) is 0 Å². The number of para-hydroxylation sites is 2. The molecule has 0 radical (unpaired) electrons. The molecule has 1 aliphatic heterocycles. The Labute approximate surface area is 221 Å². The highest BCUT2D eigenvalue weighted by molar-refractivity contribution is 6.00. The number of amides is 2. The van der Waals surface area contributed by atoms with E-state index in [0.717, 1.165) is 5.56 Å². The topological polar surface area (TPSA) is 102 Å². The number of ketones is 1. The molecule has 1 aliphatic rings. The van der Waals surface area contributed by atoms with E-state index in [1.807, 2.05) is 37.3 Å². The number of nitrogens with one attached hydrogen (secondary N) is 1. The van der Waals surface area contributed by atoms with Crippen molar-refractivity contribution in [3.05, 3.63) is 66.1 Å². The second-order valence-electron chi connectivity index (χ2n) is 9.52. The van der Waals surface area contributed by atoms with Gasteiger partial charge >= 0.3 is 0 Å². The van der Waals surface area contributed by atoms with Crippen molar-refractivity contribution in [1.29, 1.82) is 0 Å². The first-order chi connectivity index (χ1) is 18.5. The van der Waals surface area contributed by atoms with Crippen molar-refractivity contribution in [2.75, 3.05) is 26.3 Å². The Morgan fingerprint density at radius 1 is 1.03 bits per heavy atom. The van der Waals surface area contributed by atoms with Crippen LogP contribution >= 0.6 is 0 Å². The Morgan fingerprint density at radius 2 is 1.74 bits per heavy atom. The van der Waals surface area contributed by atoms with Crippen molar-refractivity contribution in [3.63, 3.8) is 0 Å². The van der Waals surface area contributed by atoms with Crippen LogP contribution in [0.5, 0.6) is 0 Å². The van der Waals surface area contributed by atoms with E-state index >= 15 is 4.39 Å². The maximum Gasteiger partial charge on any atom is 0.266 e. The van der Waals surface area contributed by atoms with Gasteiger partial charge in [0.1, 0.15) is 5.52 Å². The molecule has 2 heterocycles. The Morgan fingerprint density at radius 3 is 2.45 bits per heavy atom. The summed E-state index contributed by atoms with van der Waals surface area (Å²) in [5.74, 6) is -3.19. The summed E-state index contributed by atoms with van der Waals surface area (Å²) in [7, 11) is 0. The fourth-order valence-corrected chi connectivity index (χ4v) is 4.67. The molecule has 3 aromatic rings. The SMILES string of the molecule is CCC[C@H](NC(=O)C(CCCc1ccccc1)[C@@H](F)C(=O)N1CCOCC1)C(=O)c1nc2ccccc2o1. The van der Waals surface area contributed by atoms with Crippen molar-refractivity contribution in [2.45, 2.75) is 51.2 Å². The molecule has 0 aliphatic carbocycles. The Kier molecular flexibility index (Phi) is 9.59. The molecular weight excluding hydrogens is 489 g/mol. The molecular formula is C29H34FN3O5. The van der Waals surface area contributed by atoms with Gasteiger partial charge in [-0.2, -0.15) is 0 Å². The lowest BCUT2D eigenvalue weighted by Crippen LogP contribution is -2.51. The molecule has 8 nitrogen and oxygen atoms in total. The zero-order valence-electron chi connectivity index (χ0n) is 21.6. The maximum atomic E-state index is 15.7. The lowest BCUT2D eigenvalue weighted by molar-refractivity contribution is -0.146. The largest absolute Gasteiger partial charge is 0.434 e. The number of fused-ring (bicyclic) bond motifs is 1. The van der Waals surface area contributed by atoms with Crippen LogP contribution in [-0.2, 0) is 20.7 Å². The Balaban J connectivity index is 1.49. The van der Waals surface area contributed by atoms with Crippen LogP contribution < -0.4 is 5.32 Å². The van der Waals surface area contributed by atoms with E-state index in [0.29, 0.717) is 50.0 Å². The van der Waals surface area contributed by atoms with Crippen molar-refractivity contribution in [2.24, 2.45) is 5.92 Å². The summed E-state index contributed by atoms with van der Waals surface area (Å²) in [4.78, 5) is 45.3. The lowest BCUT2D eigenvalue weighted by Gasteiger charge is -2.30. The fourth-order valence-electron chi connectivity index (χ4n) is 4.67. The van der Waals surface area contributed by atoms with Gasteiger partial charge in [0.25, 0.3) is 11.8 Å². The third-order valence-electron chi connectivity index (χ3n) is 6.79. The number of carbonyl (C=O) groups is 3. The second kappa shape index (κ2) is 13.3. The van der Waals surface area contributed by atoms with Gasteiger partial charge in [0.2, 0.25) is 11.7 Å². The average molecular weight is 524 g/mol. The number of oxazole rings is 1. The van der Waals surface area contributed by atoms with E-state index in [4.69, 9.17) is 9.15 Å².